The minimum absolute atomic E-state index is 0.148. The number of benzene rings is 2. The number of hydrogen-bond acceptors (Lipinski definition) is 4. The van der Waals surface area contributed by atoms with E-state index in [1.165, 1.54) is 24.3 Å². The number of carbonyl (C=O) groups excluding carboxylic acids is 2. The Hall–Kier alpha value is -2.93. The second kappa shape index (κ2) is 10.1. The Bertz CT molecular complexity index is 708. The SMILES string of the molecule is CN(CCOc1ccccc1)CC(=O)NCC(=O)Nc1ccc(F)cc1. The summed E-state index contributed by atoms with van der Waals surface area (Å²) in [6.07, 6.45) is 0. The van der Waals surface area contributed by atoms with Crippen molar-refractivity contribution in [2.45, 2.75) is 0 Å². The summed E-state index contributed by atoms with van der Waals surface area (Å²) in [6.45, 7) is 1.04. The van der Waals surface area contributed by atoms with E-state index in [2.05, 4.69) is 10.6 Å². The molecule has 2 aromatic carbocycles. The van der Waals surface area contributed by atoms with Crippen LogP contribution in [0.3, 0.4) is 0 Å². The van der Waals surface area contributed by atoms with E-state index in [9.17, 15) is 14.0 Å². The maximum absolute atomic E-state index is 12.8. The highest BCUT2D eigenvalue weighted by Crippen LogP contribution is 2.08. The minimum atomic E-state index is -0.379. The molecule has 26 heavy (non-hydrogen) atoms. The van der Waals surface area contributed by atoms with Gasteiger partial charge in [-0.3, -0.25) is 14.5 Å². The van der Waals surface area contributed by atoms with Crippen molar-refractivity contribution < 1.29 is 18.7 Å². The molecule has 0 heterocycles. The number of anilines is 1. The van der Waals surface area contributed by atoms with Crippen LogP contribution in [0.15, 0.2) is 54.6 Å². The second-order valence-electron chi connectivity index (χ2n) is 5.73. The van der Waals surface area contributed by atoms with Gasteiger partial charge in [-0.15, -0.1) is 0 Å². The van der Waals surface area contributed by atoms with Crippen molar-refractivity contribution in [3.8, 4) is 5.75 Å². The summed E-state index contributed by atoms with van der Waals surface area (Å²) in [5.41, 5.74) is 0.473. The predicted molar refractivity (Wildman–Crippen MR) is 97.5 cm³/mol. The molecule has 0 aliphatic rings. The number of carbonyl (C=O) groups is 2. The first-order valence-electron chi connectivity index (χ1n) is 8.21. The molecule has 2 amide bonds. The standard InChI is InChI=1S/C19H22FN3O3/c1-23(11-12-26-17-5-3-2-4-6-17)14-19(25)21-13-18(24)22-16-9-7-15(20)8-10-16/h2-10H,11-14H2,1H3,(H,21,25)(H,22,24). The maximum atomic E-state index is 12.8. The van der Waals surface area contributed by atoms with Crippen molar-refractivity contribution in [3.05, 3.63) is 60.4 Å². The number of para-hydroxylation sites is 1. The lowest BCUT2D eigenvalue weighted by molar-refractivity contribution is -0.124. The highest BCUT2D eigenvalue weighted by atomic mass is 19.1. The fraction of sp³-hybridized carbons (Fsp3) is 0.263. The van der Waals surface area contributed by atoms with Gasteiger partial charge in [0.05, 0.1) is 13.1 Å². The number of nitrogens with one attached hydrogen (secondary N) is 2. The maximum Gasteiger partial charge on any atom is 0.243 e. The average Bonchev–Trinajstić information content (AvgIpc) is 2.63. The summed E-state index contributed by atoms with van der Waals surface area (Å²) in [5.74, 6) is -0.236. The normalized spacial score (nSPS) is 10.4. The van der Waals surface area contributed by atoms with Crippen LogP contribution in [0.25, 0.3) is 0 Å². The van der Waals surface area contributed by atoms with Crippen LogP contribution in [0, 0.1) is 5.82 Å². The van der Waals surface area contributed by atoms with Gasteiger partial charge >= 0.3 is 0 Å². The van der Waals surface area contributed by atoms with Gasteiger partial charge in [-0.05, 0) is 43.4 Å². The molecule has 0 saturated carbocycles. The summed E-state index contributed by atoms with van der Waals surface area (Å²) < 4.78 is 18.4. The van der Waals surface area contributed by atoms with E-state index in [0.717, 1.165) is 5.75 Å². The van der Waals surface area contributed by atoms with E-state index in [1.807, 2.05) is 30.3 Å². The third-order valence-electron chi connectivity index (χ3n) is 3.47. The van der Waals surface area contributed by atoms with Gasteiger partial charge in [0, 0.05) is 12.2 Å². The zero-order valence-electron chi connectivity index (χ0n) is 14.6. The summed E-state index contributed by atoms with van der Waals surface area (Å²) in [5, 5.41) is 5.12. The van der Waals surface area contributed by atoms with E-state index >= 15 is 0 Å². The molecular formula is C19H22FN3O3. The molecule has 6 nitrogen and oxygen atoms in total. The van der Waals surface area contributed by atoms with E-state index in [1.54, 1.807) is 11.9 Å². The largest absolute Gasteiger partial charge is 0.492 e. The van der Waals surface area contributed by atoms with E-state index in [4.69, 9.17) is 4.74 Å². The molecule has 138 valence electrons. The van der Waals surface area contributed by atoms with Gasteiger partial charge in [0.1, 0.15) is 18.2 Å². The lowest BCUT2D eigenvalue weighted by atomic mass is 10.3. The van der Waals surface area contributed by atoms with Gasteiger partial charge in [-0.1, -0.05) is 18.2 Å². The fourth-order valence-corrected chi connectivity index (χ4v) is 2.13. The van der Waals surface area contributed by atoms with Crippen molar-refractivity contribution in [2.75, 3.05) is 38.6 Å². The lowest BCUT2D eigenvalue weighted by Crippen LogP contribution is -2.40. The molecule has 2 aromatic rings. The van der Waals surface area contributed by atoms with Crippen LogP contribution in [0.1, 0.15) is 0 Å². The van der Waals surface area contributed by atoms with Gasteiger partial charge in [0.2, 0.25) is 11.8 Å². The summed E-state index contributed by atoms with van der Waals surface area (Å²) in [7, 11) is 1.80. The van der Waals surface area contributed by atoms with E-state index in [0.29, 0.717) is 18.8 Å². The molecule has 0 aromatic heterocycles. The van der Waals surface area contributed by atoms with Gasteiger partial charge in [-0.25, -0.2) is 4.39 Å². The first-order valence-corrected chi connectivity index (χ1v) is 8.21. The van der Waals surface area contributed by atoms with Crippen LogP contribution in [0.4, 0.5) is 10.1 Å². The van der Waals surface area contributed by atoms with Crippen LogP contribution in [0.2, 0.25) is 0 Å². The molecule has 0 aliphatic carbocycles. The third-order valence-corrected chi connectivity index (χ3v) is 3.47. The zero-order valence-corrected chi connectivity index (χ0v) is 14.6. The molecule has 0 saturated heterocycles. The first kappa shape index (κ1) is 19.4. The minimum Gasteiger partial charge on any atom is -0.492 e. The van der Waals surface area contributed by atoms with Gasteiger partial charge in [0.15, 0.2) is 0 Å². The third kappa shape index (κ3) is 7.31. The topological polar surface area (TPSA) is 70.7 Å². The number of halogens is 1. The molecule has 0 unspecified atom stereocenters. The number of likely N-dealkylation sites (N-methyl/N-ethyl adjacent to an activating group) is 1. The lowest BCUT2D eigenvalue weighted by Gasteiger charge is -2.16. The van der Waals surface area contributed by atoms with Gasteiger partial charge < -0.3 is 15.4 Å². The molecule has 0 aliphatic heterocycles. The molecule has 2 rings (SSSR count). The second-order valence-corrected chi connectivity index (χ2v) is 5.73. The van der Waals surface area contributed by atoms with Gasteiger partial charge in [0.25, 0.3) is 0 Å². The monoisotopic (exact) mass is 359 g/mol. The Morgan fingerprint density at radius 2 is 1.73 bits per heavy atom. The number of amides is 2. The van der Waals surface area contributed by atoms with E-state index < -0.39 is 0 Å². The highest BCUT2D eigenvalue weighted by Gasteiger charge is 2.09. The smallest absolute Gasteiger partial charge is 0.243 e. The molecule has 0 fully saturated rings. The van der Waals surface area contributed by atoms with Crippen LogP contribution in [-0.4, -0.2) is 50.0 Å². The number of rotatable bonds is 9. The number of nitrogens with zero attached hydrogens (tertiary/aromatic N) is 1. The molecule has 0 atom stereocenters. The molecule has 0 radical (unpaired) electrons. The van der Waals surface area contributed by atoms with Crippen LogP contribution < -0.4 is 15.4 Å². The first-order chi connectivity index (χ1) is 12.5. The van der Waals surface area contributed by atoms with Crippen molar-refractivity contribution >= 4 is 17.5 Å². The summed E-state index contributed by atoms with van der Waals surface area (Å²) in [4.78, 5) is 25.4. The van der Waals surface area contributed by atoms with Crippen molar-refractivity contribution in [3.63, 3.8) is 0 Å². The molecule has 0 bridgehead atoms. The van der Waals surface area contributed by atoms with Crippen molar-refractivity contribution in [2.24, 2.45) is 0 Å². The van der Waals surface area contributed by atoms with Crippen LogP contribution in [0.5, 0.6) is 5.75 Å². The molecule has 2 N–H and O–H groups in total. The Balaban J connectivity index is 1.61. The average molecular weight is 359 g/mol. The predicted octanol–water partition coefficient (Wildman–Crippen LogP) is 1.89. The molecule has 7 heteroatoms. The summed E-state index contributed by atoms with van der Waals surface area (Å²) in [6, 6.07) is 14.8. The Morgan fingerprint density at radius 1 is 1.04 bits per heavy atom. The quantitative estimate of drug-likeness (QED) is 0.717. The molecular weight excluding hydrogens is 337 g/mol. The Kier molecular flexibility index (Phi) is 7.57. The summed E-state index contributed by atoms with van der Waals surface area (Å²) >= 11 is 0. The van der Waals surface area contributed by atoms with Crippen molar-refractivity contribution in [1.82, 2.24) is 10.2 Å². The Morgan fingerprint density at radius 3 is 2.42 bits per heavy atom. The Labute approximate surface area is 152 Å². The van der Waals surface area contributed by atoms with Crippen LogP contribution >= 0.6 is 0 Å². The number of ether oxygens (including phenoxy) is 1. The van der Waals surface area contributed by atoms with E-state index in [-0.39, 0.29) is 30.7 Å². The molecule has 0 spiro atoms. The fourth-order valence-electron chi connectivity index (χ4n) is 2.13. The zero-order chi connectivity index (χ0) is 18.8. The van der Waals surface area contributed by atoms with Crippen molar-refractivity contribution in [1.29, 1.82) is 0 Å². The number of hydrogen-bond donors (Lipinski definition) is 2. The van der Waals surface area contributed by atoms with Crippen LogP contribution in [-0.2, 0) is 9.59 Å². The van der Waals surface area contributed by atoms with Gasteiger partial charge in [-0.2, -0.15) is 0 Å². The highest BCUT2D eigenvalue weighted by molar-refractivity contribution is 5.94.